The second kappa shape index (κ2) is 11.3. The van der Waals surface area contributed by atoms with Gasteiger partial charge in [0, 0.05) is 38.3 Å². The summed E-state index contributed by atoms with van der Waals surface area (Å²) in [7, 11) is -1.04. The third-order valence-corrected chi connectivity index (χ3v) is 6.69. The first-order chi connectivity index (χ1) is 16.8. The molecule has 0 spiro atoms. The summed E-state index contributed by atoms with van der Waals surface area (Å²) in [5, 5.41) is 16.3. The van der Waals surface area contributed by atoms with Gasteiger partial charge in [-0.2, -0.15) is 0 Å². The molecule has 35 heavy (non-hydrogen) atoms. The van der Waals surface area contributed by atoms with Gasteiger partial charge in [0.05, 0.1) is 6.61 Å². The lowest BCUT2D eigenvalue weighted by atomic mass is 9.75. The SMILES string of the molecule is Cc1c(C(=O)N[C@H](C(=O)OCc2cccc(CN3CCNCC3)c2)C(C)C)ccc2c1B(O)OC2. The highest BCUT2D eigenvalue weighted by atomic mass is 16.5. The lowest BCUT2D eigenvalue weighted by Crippen LogP contribution is -2.46. The number of ether oxygens (including phenoxy) is 1. The molecule has 1 fully saturated rings. The number of fused-ring (bicyclic) bond motifs is 1. The maximum Gasteiger partial charge on any atom is 0.492 e. The van der Waals surface area contributed by atoms with Crippen LogP contribution in [0.1, 0.15) is 46.5 Å². The summed E-state index contributed by atoms with van der Waals surface area (Å²) in [6.07, 6.45) is 0. The highest BCUT2D eigenvalue weighted by Gasteiger charge is 2.32. The van der Waals surface area contributed by atoms with Crippen LogP contribution in [0.2, 0.25) is 0 Å². The molecule has 2 aliphatic rings. The standard InChI is InChI=1S/C26H34BN3O5/c1-17(2)24(29-25(31)22-8-7-21-16-35-27(33)23(21)18(22)3)26(32)34-15-20-6-4-5-19(13-20)14-30-11-9-28-10-12-30/h4-8,13,17,24,28,33H,9-12,14-16H2,1-3H3,(H,29,31)/t24-/m0/s1. The van der Waals surface area contributed by atoms with Crippen LogP contribution in [0.3, 0.4) is 0 Å². The number of rotatable bonds is 8. The molecule has 0 aromatic heterocycles. The van der Waals surface area contributed by atoms with Gasteiger partial charge >= 0.3 is 13.1 Å². The van der Waals surface area contributed by atoms with Gasteiger partial charge in [-0.25, -0.2) is 4.79 Å². The summed E-state index contributed by atoms with van der Waals surface area (Å²) >= 11 is 0. The first-order valence-corrected chi connectivity index (χ1v) is 12.2. The van der Waals surface area contributed by atoms with Gasteiger partial charge < -0.3 is 25.0 Å². The van der Waals surface area contributed by atoms with Crippen molar-refractivity contribution in [2.45, 2.75) is 46.6 Å². The minimum Gasteiger partial charge on any atom is -0.459 e. The van der Waals surface area contributed by atoms with Crippen molar-refractivity contribution in [1.29, 1.82) is 0 Å². The number of piperazine rings is 1. The molecule has 1 amide bonds. The summed E-state index contributed by atoms with van der Waals surface area (Å²) in [5.41, 5.74) is 4.66. The van der Waals surface area contributed by atoms with E-state index >= 15 is 0 Å². The van der Waals surface area contributed by atoms with Crippen LogP contribution in [0, 0.1) is 12.8 Å². The molecule has 2 aromatic carbocycles. The molecule has 1 saturated heterocycles. The molecule has 2 aromatic rings. The number of hydrogen-bond donors (Lipinski definition) is 3. The normalized spacial score (nSPS) is 16.8. The molecule has 0 bridgehead atoms. The van der Waals surface area contributed by atoms with E-state index < -0.39 is 19.1 Å². The molecule has 0 unspecified atom stereocenters. The Labute approximate surface area is 207 Å². The van der Waals surface area contributed by atoms with Gasteiger partial charge in [0.1, 0.15) is 12.6 Å². The van der Waals surface area contributed by atoms with Crippen LogP contribution < -0.4 is 16.1 Å². The predicted molar refractivity (Wildman–Crippen MR) is 134 cm³/mol. The summed E-state index contributed by atoms with van der Waals surface area (Å²) < 4.78 is 10.9. The zero-order chi connectivity index (χ0) is 24.9. The van der Waals surface area contributed by atoms with E-state index in [1.54, 1.807) is 19.1 Å². The van der Waals surface area contributed by atoms with E-state index in [4.69, 9.17) is 9.39 Å². The maximum absolute atomic E-state index is 13.0. The van der Waals surface area contributed by atoms with Crippen LogP contribution >= 0.6 is 0 Å². The Hall–Kier alpha value is -2.72. The van der Waals surface area contributed by atoms with Crippen molar-refractivity contribution in [3.05, 3.63) is 64.2 Å². The number of hydrogen-bond acceptors (Lipinski definition) is 7. The summed E-state index contributed by atoms with van der Waals surface area (Å²) in [6, 6.07) is 10.8. The first-order valence-electron chi connectivity index (χ1n) is 12.2. The quantitative estimate of drug-likeness (QED) is 0.386. The largest absolute Gasteiger partial charge is 0.492 e. The minimum absolute atomic E-state index is 0.148. The fraction of sp³-hybridized carbons (Fsp3) is 0.462. The molecule has 8 nitrogen and oxygen atoms in total. The minimum atomic E-state index is -1.04. The van der Waals surface area contributed by atoms with Crippen molar-refractivity contribution < 1.29 is 24.0 Å². The van der Waals surface area contributed by atoms with Crippen molar-refractivity contribution >= 4 is 24.5 Å². The summed E-state index contributed by atoms with van der Waals surface area (Å²) in [6.45, 7) is 10.9. The molecular weight excluding hydrogens is 445 g/mol. The van der Waals surface area contributed by atoms with Crippen molar-refractivity contribution in [2.24, 2.45) is 5.92 Å². The Kier molecular flexibility index (Phi) is 8.23. The average molecular weight is 479 g/mol. The Balaban J connectivity index is 1.37. The number of amides is 1. The monoisotopic (exact) mass is 479 g/mol. The third-order valence-electron chi connectivity index (χ3n) is 6.69. The molecule has 0 saturated carbocycles. The predicted octanol–water partition coefficient (Wildman–Crippen LogP) is 1.12. The second-order valence-electron chi connectivity index (χ2n) is 9.62. The van der Waals surface area contributed by atoms with E-state index in [0.717, 1.165) is 43.9 Å². The molecule has 0 aliphatic carbocycles. The van der Waals surface area contributed by atoms with Gasteiger partial charge in [0.2, 0.25) is 0 Å². The van der Waals surface area contributed by atoms with Crippen molar-refractivity contribution in [1.82, 2.24) is 15.5 Å². The highest BCUT2D eigenvalue weighted by molar-refractivity contribution is 6.62. The number of nitrogens with one attached hydrogen (secondary N) is 2. The molecular formula is C26H34BN3O5. The highest BCUT2D eigenvalue weighted by Crippen LogP contribution is 2.17. The van der Waals surface area contributed by atoms with Gasteiger partial charge in [0.15, 0.2) is 0 Å². The van der Waals surface area contributed by atoms with Crippen molar-refractivity contribution in [2.75, 3.05) is 26.2 Å². The van der Waals surface area contributed by atoms with E-state index in [9.17, 15) is 14.6 Å². The van der Waals surface area contributed by atoms with Crippen LogP contribution in [0.4, 0.5) is 0 Å². The molecule has 2 heterocycles. The average Bonchev–Trinajstić information content (AvgIpc) is 3.23. The molecule has 2 aliphatic heterocycles. The Bertz CT molecular complexity index is 1070. The first kappa shape index (κ1) is 25.4. The lowest BCUT2D eigenvalue weighted by molar-refractivity contribution is -0.148. The molecule has 4 rings (SSSR count). The third kappa shape index (κ3) is 6.11. The van der Waals surface area contributed by atoms with Gasteiger partial charge in [0.25, 0.3) is 5.91 Å². The number of carbonyl (C=O) groups excluding carboxylic acids is 2. The molecule has 9 heteroatoms. The molecule has 0 radical (unpaired) electrons. The fourth-order valence-electron chi connectivity index (χ4n) is 4.66. The number of carbonyl (C=O) groups is 2. The van der Waals surface area contributed by atoms with Crippen LogP contribution in [0.15, 0.2) is 36.4 Å². The molecule has 1 atom stereocenters. The summed E-state index contributed by atoms with van der Waals surface area (Å²) in [4.78, 5) is 28.4. The Morgan fingerprint density at radius 2 is 1.94 bits per heavy atom. The number of benzene rings is 2. The number of nitrogens with zero attached hydrogens (tertiary/aromatic N) is 1. The van der Waals surface area contributed by atoms with E-state index in [1.165, 1.54) is 5.56 Å². The van der Waals surface area contributed by atoms with Crippen molar-refractivity contribution in [3.8, 4) is 0 Å². The zero-order valence-corrected chi connectivity index (χ0v) is 20.7. The van der Waals surface area contributed by atoms with Crippen molar-refractivity contribution in [3.63, 3.8) is 0 Å². The summed E-state index contributed by atoms with van der Waals surface area (Å²) in [5.74, 6) is -1.00. The van der Waals surface area contributed by atoms with Gasteiger partial charge in [-0.3, -0.25) is 9.69 Å². The van der Waals surface area contributed by atoms with Gasteiger partial charge in [-0.15, -0.1) is 0 Å². The van der Waals surface area contributed by atoms with Crippen LogP contribution in [-0.4, -0.2) is 61.1 Å². The van der Waals surface area contributed by atoms with E-state index in [-0.39, 0.29) is 18.4 Å². The van der Waals surface area contributed by atoms with Crippen LogP contribution in [0.5, 0.6) is 0 Å². The lowest BCUT2D eigenvalue weighted by Gasteiger charge is -2.27. The number of esters is 1. The molecule has 186 valence electrons. The topological polar surface area (TPSA) is 100 Å². The fourth-order valence-corrected chi connectivity index (χ4v) is 4.66. The van der Waals surface area contributed by atoms with Crippen LogP contribution in [-0.2, 0) is 33.9 Å². The zero-order valence-electron chi connectivity index (χ0n) is 20.7. The van der Waals surface area contributed by atoms with E-state index in [2.05, 4.69) is 27.7 Å². The van der Waals surface area contributed by atoms with Gasteiger partial charge in [-0.05, 0) is 46.6 Å². The molecule has 3 N–H and O–H groups in total. The van der Waals surface area contributed by atoms with E-state index in [0.29, 0.717) is 23.2 Å². The van der Waals surface area contributed by atoms with Crippen LogP contribution in [0.25, 0.3) is 0 Å². The van der Waals surface area contributed by atoms with E-state index in [1.807, 2.05) is 26.0 Å². The smallest absolute Gasteiger partial charge is 0.459 e. The maximum atomic E-state index is 13.0. The van der Waals surface area contributed by atoms with Gasteiger partial charge in [-0.1, -0.05) is 44.2 Å². The Morgan fingerprint density at radius 3 is 2.69 bits per heavy atom. The second-order valence-corrected chi connectivity index (χ2v) is 9.62. The Morgan fingerprint density at radius 1 is 1.20 bits per heavy atom.